The first kappa shape index (κ1) is 12.9. The van der Waals surface area contributed by atoms with Gasteiger partial charge in [-0.3, -0.25) is 0 Å². The lowest BCUT2D eigenvalue weighted by Gasteiger charge is -2.25. The van der Waals surface area contributed by atoms with Gasteiger partial charge in [0.05, 0.1) is 5.60 Å². The molecule has 1 N–H and O–H groups in total. The lowest BCUT2D eigenvalue weighted by molar-refractivity contribution is 0.0379. The lowest BCUT2D eigenvalue weighted by Crippen LogP contribution is -2.29. The summed E-state index contributed by atoms with van der Waals surface area (Å²) in [5, 5.41) is 11.4. The molecule has 0 spiro atoms. The summed E-state index contributed by atoms with van der Waals surface area (Å²) in [5.74, 6) is 0. The minimum atomic E-state index is -0.567. The number of benzene rings is 1. The molecule has 0 bridgehead atoms. The summed E-state index contributed by atoms with van der Waals surface area (Å²) in [6.07, 6.45) is 3.51. The molecule has 1 aromatic carbocycles. The van der Waals surface area contributed by atoms with Crippen LogP contribution in [-0.2, 0) is 6.42 Å². The van der Waals surface area contributed by atoms with Gasteiger partial charge in [-0.2, -0.15) is 0 Å². The van der Waals surface area contributed by atoms with E-state index in [1.807, 2.05) is 19.1 Å². The van der Waals surface area contributed by atoms with E-state index in [1.54, 1.807) is 0 Å². The minimum absolute atomic E-state index is 0.256. The summed E-state index contributed by atoms with van der Waals surface area (Å²) >= 11 is 6.23. The number of aryl methyl sites for hydroxylation is 1. The fraction of sp³-hybridized carbons (Fsp3) is 0.600. The zero-order chi connectivity index (χ0) is 12.7. The van der Waals surface area contributed by atoms with Crippen LogP contribution in [0.25, 0.3) is 0 Å². The summed E-state index contributed by atoms with van der Waals surface area (Å²) in [5.41, 5.74) is 1.92. The quantitative estimate of drug-likeness (QED) is 0.839. The molecule has 0 heterocycles. The van der Waals surface area contributed by atoms with Gasteiger partial charge in [0.25, 0.3) is 0 Å². The Morgan fingerprint density at radius 1 is 1.29 bits per heavy atom. The fourth-order valence-corrected chi connectivity index (χ4v) is 3.24. The molecule has 2 rings (SSSR count). The van der Waals surface area contributed by atoms with Crippen molar-refractivity contribution in [2.24, 2.45) is 5.41 Å². The van der Waals surface area contributed by atoms with Crippen LogP contribution in [0, 0.1) is 12.3 Å². The van der Waals surface area contributed by atoms with Gasteiger partial charge in [-0.15, -0.1) is 0 Å². The Labute approximate surface area is 109 Å². The van der Waals surface area contributed by atoms with Crippen LogP contribution in [0.15, 0.2) is 18.2 Å². The van der Waals surface area contributed by atoms with Gasteiger partial charge in [0.15, 0.2) is 0 Å². The molecule has 0 amide bonds. The first-order chi connectivity index (χ1) is 7.80. The molecule has 94 valence electrons. The van der Waals surface area contributed by atoms with Crippen LogP contribution >= 0.6 is 11.6 Å². The van der Waals surface area contributed by atoms with Gasteiger partial charge >= 0.3 is 0 Å². The lowest BCUT2D eigenvalue weighted by atomic mass is 9.86. The van der Waals surface area contributed by atoms with Crippen LogP contribution in [0.1, 0.15) is 44.2 Å². The molecule has 1 unspecified atom stereocenters. The molecule has 1 nitrogen and oxygen atoms in total. The van der Waals surface area contributed by atoms with Crippen molar-refractivity contribution in [1.82, 2.24) is 0 Å². The molecule has 2 heteroatoms. The second-order valence-electron chi connectivity index (χ2n) is 6.34. The molecular weight excluding hydrogens is 232 g/mol. The van der Waals surface area contributed by atoms with E-state index in [1.165, 1.54) is 0 Å². The van der Waals surface area contributed by atoms with Gasteiger partial charge in [0.1, 0.15) is 0 Å². The first-order valence-corrected chi connectivity index (χ1v) is 6.65. The molecular formula is C15H21ClO. The molecule has 1 aliphatic rings. The maximum atomic E-state index is 10.6. The SMILES string of the molecule is Cc1ccc(CC2(O)CCC(C)(C)C2)c(Cl)c1. The molecule has 1 aliphatic carbocycles. The van der Waals surface area contributed by atoms with Gasteiger partial charge in [-0.1, -0.05) is 37.6 Å². The van der Waals surface area contributed by atoms with Crippen molar-refractivity contribution >= 4 is 11.6 Å². The van der Waals surface area contributed by atoms with Crippen LogP contribution in [0.5, 0.6) is 0 Å². The van der Waals surface area contributed by atoms with Gasteiger partial charge < -0.3 is 5.11 Å². The Morgan fingerprint density at radius 3 is 2.53 bits per heavy atom. The van der Waals surface area contributed by atoms with Crippen molar-refractivity contribution in [2.45, 2.75) is 52.1 Å². The van der Waals surface area contributed by atoms with Crippen molar-refractivity contribution < 1.29 is 5.11 Å². The van der Waals surface area contributed by atoms with Gasteiger partial charge in [0, 0.05) is 11.4 Å². The summed E-state index contributed by atoms with van der Waals surface area (Å²) in [6.45, 7) is 6.48. The van der Waals surface area contributed by atoms with Crippen molar-refractivity contribution in [3.63, 3.8) is 0 Å². The van der Waals surface area contributed by atoms with Crippen LogP contribution in [-0.4, -0.2) is 10.7 Å². The molecule has 1 saturated carbocycles. The van der Waals surface area contributed by atoms with E-state index in [-0.39, 0.29) is 5.41 Å². The summed E-state index contributed by atoms with van der Waals surface area (Å²) in [6, 6.07) is 6.08. The predicted molar refractivity (Wildman–Crippen MR) is 72.5 cm³/mol. The summed E-state index contributed by atoms with van der Waals surface area (Å²) < 4.78 is 0. The molecule has 0 aliphatic heterocycles. The second kappa shape index (κ2) is 4.29. The molecule has 1 atom stereocenters. The standard InChI is InChI=1S/C15H21ClO/c1-11-4-5-12(13(16)8-11)9-15(17)7-6-14(2,3)10-15/h4-5,8,17H,6-7,9-10H2,1-3H3. The van der Waals surface area contributed by atoms with Crippen molar-refractivity contribution in [3.05, 3.63) is 34.3 Å². The molecule has 0 aromatic heterocycles. The predicted octanol–water partition coefficient (Wildman–Crippen LogP) is 4.13. The Kier molecular flexibility index (Phi) is 3.26. The zero-order valence-electron chi connectivity index (χ0n) is 10.9. The van der Waals surface area contributed by atoms with Crippen LogP contribution < -0.4 is 0 Å². The van der Waals surface area contributed by atoms with E-state index < -0.39 is 5.60 Å². The van der Waals surface area contributed by atoms with E-state index in [0.717, 1.165) is 35.4 Å². The average Bonchev–Trinajstić information content (AvgIpc) is 2.46. The third-order valence-electron chi connectivity index (χ3n) is 3.80. The third-order valence-corrected chi connectivity index (χ3v) is 4.15. The Morgan fingerprint density at radius 2 is 2.00 bits per heavy atom. The van der Waals surface area contributed by atoms with Crippen molar-refractivity contribution in [3.8, 4) is 0 Å². The van der Waals surface area contributed by atoms with Crippen LogP contribution in [0.4, 0.5) is 0 Å². The zero-order valence-corrected chi connectivity index (χ0v) is 11.6. The summed E-state index contributed by atoms with van der Waals surface area (Å²) in [4.78, 5) is 0. The molecule has 0 radical (unpaired) electrons. The number of rotatable bonds is 2. The van der Waals surface area contributed by atoms with E-state index in [0.29, 0.717) is 6.42 Å². The van der Waals surface area contributed by atoms with Gasteiger partial charge in [0.2, 0.25) is 0 Å². The van der Waals surface area contributed by atoms with E-state index >= 15 is 0 Å². The topological polar surface area (TPSA) is 20.2 Å². The largest absolute Gasteiger partial charge is 0.390 e. The monoisotopic (exact) mass is 252 g/mol. The average molecular weight is 253 g/mol. The van der Waals surface area contributed by atoms with E-state index in [9.17, 15) is 5.11 Å². The fourth-order valence-electron chi connectivity index (χ4n) is 2.94. The van der Waals surface area contributed by atoms with E-state index in [2.05, 4.69) is 19.9 Å². The van der Waals surface area contributed by atoms with Crippen LogP contribution in [0.2, 0.25) is 5.02 Å². The highest BCUT2D eigenvalue weighted by Gasteiger charge is 2.41. The molecule has 1 aromatic rings. The van der Waals surface area contributed by atoms with Gasteiger partial charge in [-0.05, 0) is 48.8 Å². The minimum Gasteiger partial charge on any atom is -0.390 e. The Bertz CT molecular complexity index is 425. The molecule has 17 heavy (non-hydrogen) atoms. The normalized spacial score (nSPS) is 27.4. The molecule has 0 saturated heterocycles. The maximum absolute atomic E-state index is 10.6. The highest BCUT2D eigenvalue weighted by atomic mass is 35.5. The maximum Gasteiger partial charge on any atom is 0.0693 e. The van der Waals surface area contributed by atoms with Gasteiger partial charge in [-0.25, -0.2) is 0 Å². The number of aliphatic hydroxyl groups is 1. The molecule has 1 fully saturated rings. The highest BCUT2D eigenvalue weighted by Crippen LogP contribution is 2.45. The van der Waals surface area contributed by atoms with Crippen molar-refractivity contribution in [1.29, 1.82) is 0 Å². The smallest absolute Gasteiger partial charge is 0.0693 e. The summed E-state index contributed by atoms with van der Waals surface area (Å²) in [7, 11) is 0. The third kappa shape index (κ3) is 3.02. The number of halogens is 1. The Balaban J connectivity index is 2.16. The number of hydrogen-bond acceptors (Lipinski definition) is 1. The highest BCUT2D eigenvalue weighted by molar-refractivity contribution is 6.31. The van der Waals surface area contributed by atoms with Crippen LogP contribution in [0.3, 0.4) is 0 Å². The second-order valence-corrected chi connectivity index (χ2v) is 6.74. The van der Waals surface area contributed by atoms with Crippen molar-refractivity contribution in [2.75, 3.05) is 0 Å². The first-order valence-electron chi connectivity index (χ1n) is 6.27. The Hall–Kier alpha value is -0.530. The number of hydrogen-bond donors (Lipinski definition) is 1. The van der Waals surface area contributed by atoms with E-state index in [4.69, 9.17) is 11.6 Å².